The van der Waals surface area contributed by atoms with E-state index in [1.165, 1.54) is 26.3 Å². The minimum atomic E-state index is -0.459. The Morgan fingerprint density at radius 2 is 1.86 bits per heavy atom. The van der Waals surface area contributed by atoms with Crippen molar-refractivity contribution < 1.29 is 24.0 Å². The minimum Gasteiger partial charge on any atom is -0.493 e. The molecule has 9 heteroatoms. The number of carbonyl (C=O) groups excluding carboxylic acids is 2. The third kappa shape index (κ3) is 4.15. The predicted molar refractivity (Wildman–Crippen MR) is 104 cm³/mol. The maximum atomic E-state index is 12.0. The first-order chi connectivity index (χ1) is 13.4. The summed E-state index contributed by atoms with van der Waals surface area (Å²) in [4.78, 5) is 35.2. The van der Waals surface area contributed by atoms with Crippen molar-refractivity contribution in [3.8, 4) is 11.5 Å². The number of rotatable bonds is 6. The van der Waals surface area contributed by atoms with Gasteiger partial charge in [0.25, 0.3) is 16.8 Å². The number of non-ortho nitro benzene ring substituents is 1. The Labute approximate surface area is 164 Å². The van der Waals surface area contributed by atoms with E-state index in [1.54, 1.807) is 36.4 Å². The predicted octanol–water partition coefficient (Wildman–Crippen LogP) is 3.85. The molecule has 0 saturated carbocycles. The topological polar surface area (TPSA) is 99.0 Å². The Bertz CT molecular complexity index is 971. The highest BCUT2D eigenvalue weighted by Gasteiger charge is 2.31. The number of nitrogens with zero attached hydrogens (tertiary/aromatic N) is 2. The fourth-order valence-electron chi connectivity index (χ4n) is 2.47. The lowest BCUT2D eigenvalue weighted by molar-refractivity contribution is -0.384. The Morgan fingerprint density at radius 1 is 1.14 bits per heavy atom. The Balaban J connectivity index is 1.74. The van der Waals surface area contributed by atoms with Gasteiger partial charge >= 0.3 is 0 Å². The second kappa shape index (κ2) is 8.13. The Kier molecular flexibility index (Phi) is 5.65. The molecule has 0 bridgehead atoms. The van der Waals surface area contributed by atoms with Crippen LogP contribution < -0.4 is 9.47 Å². The lowest BCUT2D eigenvalue weighted by Crippen LogP contribution is -2.22. The van der Waals surface area contributed by atoms with Gasteiger partial charge in [0.2, 0.25) is 0 Å². The zero-order chi connectivity index (χ0) is 20.3. The average molecular weight is 400 g/mol. The van der Waals surface area contributed by atoms with Crippen molar-refractivity contribution in [1.29, 1.82) is 0 Å². The maximum absolute atomic E-state index is 12.0. The number of likely N-dealkylation sites (N-methyl/N-ethyl adjacent to an activating group) is 1. The largest absolute Gasteiger partial charge is 0.493 e. The van der Waals surface area contributed by atoms with Gasteiger partial charge in [-0.05, 0) is 53.2 Å². The summed E-state index contributed by atoms with van der Waals surface area (Å²) in [5.41, 5.74) is 1.48. The van der Waals surface area contributed by atoms with Crippen LogP contribution in [0.15, 0.2) is 47.4 Å². The highest BCUT2D eigenvalue weighted by Crippen LogP contribution is 2.34. The van der Waals surface area contributed by atoms with Gasteiger partial charge in [-0.2, -0.15) is 0 Å². The molecule has 0 aromatic heterocycles. The number of hydrogen-bond acceptors (Lipinski definition) is 7. The molecule has 2 amide bonds. The van der Waals surface area contributed by atoms with Crippen LogP contribution >= 0.6 is 11.8 Å². The molecule has 1 aliphatic rings. The van der Waals surface area contributed by atoms with Crippen molar-refractivity contribution in [1.82, 2.24) is 4.90 Å². The lowest BCUT2D eigenvalue weighted by atomic mass is 10.1. The monoisotopic (exact) mass is 400 g/mol. The molecule has 8 nitrogen and oxygen atoms in total. The number of thioether (sulfide) groups is 1. The molecule has 0 unspecified atom stereocenters. The normalized spacial score (nSPS) is 15.2. The molecule has 2 aromatic rings. The first-order valence-corrected chi connectivity index (χ1v) is 8.96. The van der Waals surface area contributed by atoms with E-state index in [0.717, 1.165) is 22.2 Å². The summed E-state index contributed by atoms with van der Waals surface area (Å²) < 4.78 is 11.1. The second-order valence-electron chi connectivity index (χ2n) is 5.86. The smallest absolute Gasteiger partial charge is 0.293 e. The van der Waals surface area contributed by atoms with Gasteiger partial charge in [0.15, 0.2) is 11.5 Å². The van der Waals surface area contributed by atoms with Crippen LogP contribution in [0, 0.1) is 10.1 Å². The summed E-state index contributed by atoms with van der Waals surface area (Å²) in [5.74, 6) is 0.612. The van der Waals surface area contributed by atoms with E-state index in [-0.39, 0.29) is 23.4 Å². The third-order valence-electron chi connectivity index (χ3n) is 4.01. The first-order valence-electron chi connectivity index (χ1n) is 8.15. The lowest BCUT2D eigenvalue weighted by Gasteiger charge is -2.11. The SMILES string of the molecule is COc1cc(/C=C2\SC(=O)N(C)C2=O)ccc1OCc1ccc([N+](=O)[O-])cc1. The fraction of sp³-hybridized carbons (Fsp3) is 0.158. The molecule has 0 atom stereocenters. The van der Waals surface area contributed by atoms with Crippen molar-refractivity contribution in [3.05, 3.63) is 68.6 Å². The van der Waals surface area contributed by atoms with Crippen LogP contribution in [-0.2, 0) is 11.4 Å². The van der Waals surface area contributed by atoms with Gasteiger partial charge in [0.05, 0.1) is 16.9 Å². The van der Waals surface area contributed by atoms with Crippen LogP contribution in [0.2, 0.25) is 0 Å². The number of methoxy groups -OCH3 is 1. The van der Waals surface area contributed by atoms with Gasteiger partial charge in [-0.1, -0.05) is 6.07 Å². The van der Waals surface area contributed by atoms with E-state index in [0.29, 0.717) is 22.0 Å². The van der Waals surface area contributed by atoms with E-state index in [1.807, 2.05) is 0 Å². The molecule has 1 heterocycles. The van der Waals surface area contributed by atoms with Gasteiger partial charge in [0.1, 0.15) is 6.61 Å². The van der Waals surface area contributed by atoms with Crippen molar-refractivity contribution in [2.75, 3.05) is 14.2 Å². The van der Waals surface area contributed by atoms with Crippen molar-refractivity contribution in [2.45, 2.75) is 6.61 Å². The molecule has 144 valence electrons. The average Bonchev–Trinajstić information content (AvgIpc) is 2.93. The van der Waals surface area contributed by atoms with Crippen LogP contribution in [0.5, 0.6) is 11.5 Å². The van der Waals surface area contributed by atoms with E-state index in [9.17, 15) is 19.7 Å². The van der Waals surface area contributed by atoms with Gasteiger partial charge in [-0.15, -0.1) is 0 Å². The molecule has 1 aliphatic heterocycles. The molecule has 0 spiro atoms. The summed E-state index contributed by atoms with van der Waals surface area (Å²) in [5, 5.41) is 10.4. The molecule has 3 rings (SSSR count). The summed E-state index contributed by atoms with van der Waals surface area (Å²) in [6.45, 7) is 0.211. The summed E-state index contributed by atoms with van der Waals surface area (Å²) in [7, 11) is 2.94. The number of imide groups is 1. The highest BCUT2D eigenvalue weighted by molar-refractivity contribution is 8.18. The van der Waals surface area contributed by atoms with E-state index in [4.69, 9.17) is 9.47 Å². The molecule has 28 heavy (non-hydrogen) atoms. The molecule has 0 radical (unpaired) electrons. The van der Waals surface area contributed by atoms with Crippen LogP contribution in [0.3, 0.4) is 0 Å². The Hall–Kier alpha value is -3.33. The number of nitro groups is 1. The number of ether oxygens (including phenoxy) is 2. The number of carbonyl (C=O) groups is 2. The third-order valence-corrected chi connectivity index (χ3v) is 4.97. The molecule has 1 saturated heterocycles. The van der Waals surface area contributed by atoms with Crippen molar-refractivity contribution in [2.24, 2.45) is 0 Å². The van der Waals surface area contributed by atoms with E-state index >= 15 is 0 Å². The van der Waals surface area contributed by atoms with Crippen LogP contribution in [0.4, 0.5) is 10.5 Å². The fourth-order valence-corrected chi connectivity index (χ4v) is 3.29. The summed E-state index contributed by atoms with van der Waals surface area (Å²) in [6, 6.07) is 11.2. The quantitative estimate of drug-likeness (QED) is 0.412. The van der Waals surface area contributed by atoms with Gasteiger partial charge in [-0.3, -0.25) is 24.6 Å². The molecule has 1 fully saturated rings. The number of amides is 2. The highest BCUT2D eigenvalue weighted by atomic mass is 32.2. The summed E-state index contributed by atoms with van der Waals surface area (Å²) in [6.07, 6.45) is 1.62. The summed E-state index contributed by atoms with van der Waals surface area (Å²) >= 11 is 0.883. The van der Waals surface area contributed by atoms with Crippen molar-refractivity contribution >= 4 is 34.7 Å². The zero-order valence-corrected chi connectivity index (χ0v) is 15.9. The zero-order valence-electron chi connectivity index (χ0n) is 15.1. The molecule has 2 aromatic carbocycles. The van der Waals surface area contributed by atoms with Crippen LogP contribution in [0.25, 0.3) is 6.08 Å². The number of benzene rings is 2. The Morgan fingerprint density at radius 3 is 2.43 bits per heavy atom. The molecular formula is C19H16N2O6S. The maximum Gasteiger partial charge on any atom is 0.293 e. The number of hydrogen-bond donors (Lipinski definition) is 0. The van der Waals surface area contributed by atoms with Gasteiger partial charge in [0, 0.05) is 19.2 Å². The van der Waals surface area contributed by atoms with E-state index < -0.39 is 4.92 Å². The van der Waals surface area contributed by atoms with Gasteiger partial charge < -0.3 is 9.47 Å². The van der Waals surface area contributed by atoms with Crippen LogP contribution in [0.1, 0.15) is 11.1 Å². The minimum absolute atomic E-state index is 0.0159. The van der Waals surface area contributed by atoms with E-state index in [2.05, 4.69) is 0 Å². The molecule has 0 aliphatic carbocycles. The second-order valence-corrected chi connectivity index (χ2v) is 6.86. The molecule has 0 N–H and O–H groups in total. The standard InChI is InChI=1S/C19H16N2O6S/c1-20-18(22)17(28-19(20)23)10-13-5-8-15(16(9-13)26-2)27-11-12-3-6-14(7-4-12)21(24)25/h3-10H,11H2,1-2H3/b17-10-. The van der Waals surface area contributed by atoms with Crippen LogP contribution in [-0.4, -0.2) is 35.1 Å². The first kappa shape index (κ1) is 19.4. The van der Waals surface area contributed by atoms with Gasteiger partial charge in [-0.25, -0.2) is 0 Å². The molecular weight excluding hydrogens is 384 g/mol. The van der Waals surface area contributed by atoms with Crippen molar-refractivity contribution in [3.63, 3.8) is 0 Å². The number of nitro benzene ring substituents is 1.